The molecule has 4 heteroatoms. The van der Waals surface area contributed by atoms with Crippen molar-refractivity contribution in [3.63, 3.8) is 0 Å². The minimum atomic E-state index is 0.0707. The summed E-state index contributed by atoms with van der Waals surface area (Å²) < 4.78 is 11.3. The van der Waals surface area contributed by atoms with Gasteiger partial charge in [0.1, 0.15) is 0 Å². The van der Waals surface area contributed by atoms with E-state index < -0.39 is 0 Å². The number of alkyl halides is 1. The van der Waals surface area contributed by atoms with Crippen molar-refractivity contribution in [1.82, 2.24) is 4.98 Å². The average Bonchev–Trinajstić information content (AvgIpc) is 2.93. The number of aromatic amines is 1. The lowest BCUT2D eigenvalue weighted by Crippen LogP contribution is -2.31. The second-order valence-corrected chi connectivity index (χ2v) is 6.35. The molecule has 0 radical (unpaired) electrons. The molecule has 21 heavy (non-hydrogen) atoms. The number of hydrogen-bond donors (Lipinski definition) is 1. The van der Waals surface area contributed by atoms with Crippen LogP contribution in [0.15, 0.2) is 42.5 Å². The third-order valence-electron chi connectivity index (χ3n) is 4.02. The summed E-state index contributed by atoms with van der Waals surface area (Å²) in [7, 11) is 0. The van der Waals surface area contributed by atoms with Crippen molar-refractivity contribution in [3.05, 3.63) is 48.0 Å². The molecule has 4 rings (SSSR count). The number of ether oxygens (including phenoxy) is 2. The molecule has 3 nitrogen and oxygen atoms in total. The van der Waals surface area contributed by atoms with Gasteiger partial charge in [0.15, 0.2) is 0 Å². The number of nitrogens with one attached hydrogen (secondary N) is 1. The Kier molecular flexibility index (Phi) is 3.45. The van der Waals surface area contributed by atoms with Crippen LogP contribution >= 0.6 is 15.9 Å². The van der Waals surface area contributed by atoms with Gasteiger partial charge in [-0.05, 0) is 23.8 Å². The molecule has 2 heterocycles. The molecule has 0 amide bonds. The first-order valence-corrected chi connectivity index (χ1v) is 8.08. The van der Waals surface area contributed by atoms with E-state index in [2.05, 4.69) is 63.4 Å². The lowest BCUT2D eigenvalue weighted by Gasteiger charge is -2.27. The predicted molar refractivity (Wildman–Crippen MR) is 88.0 cm³/mol. The maximum atomic E-state index is 5.80. The highest BCUT2D eigenvalue weighted by Gasteiger charge is 2.24. The fraction of sp³-hybridized carbons (Fsp3) is 0.294. The smallest absolute Gasteiger partial charge is 0.0975 e. The summed E-state index contributed by atoms with van der Waals surface area (Å²) in [4.78, 5) is 3.60. The van der Waals surface area contributed by atoms with E-state index in [4.69, 9.17) is 9.47 Å². The second kappa shape index (κ2) is 5.44. The van der Waals surface area contributed by atoms with Gasteiger partial charge in [-0.25, -0.2) is 0 Å². The summed E-state index contributed by atoms with van der Waals surface area (Å²) in [5, 5.41) is 2.51. The zero-order valence-corrected chi connectivity index (χ0v) is 13.1. The Hall–Kier alpha value is -1.36. The van der Waals surface area contributed by atoms with E-state index in [1.54, 1.807) is 0 Å². The molecule has 108 valence electrons. The first-order valence-electron chi connectivity index (χ1n) is 7.17. The Bertz CT molecular complexity index is 777. The van der Waals surface area contributed by atoms with Crippen LogP contribution in [0.3, 0.4) is 0 Å². The number of rotatable bonds is 2. The van der Waals surface area contributed by atoms with Gasteiger partial charge >= 0.3 is 0 Å². The van der Waals surface area contributed by atoms with E-state index in [1.807, 2.05) is 0 Å². The summed E-state index contributed by atoms with van der Waals surface area (Å²) in [5.74, 6) is 0. The number of halogens is 1. The Morgan fingerprint density at radius 3 is 2.76 bits per heavy atom. The molecule has 0 bridgehead atoms. The highest BCUT2D eigenvalue weighted by atomic mass is 79.9. The first kappa shape index (κ1) is 13.3. The molecule has 0 saturated carbocycles. The van der Waals surface area contributed by atoms with E-state index in [0.717, 1.165) is 0 Å². The summed E-state index contributed by atoms with van der Waals surface area (Å²) in [6.07, 6.45) is 0.0707. The molecule has 1 saturated heterocycles. The van der Waals surface area contributed by atoms with Crippen molar-refractivity contribution >= 4 is 37.7 Å². The van der Waals surface area contributed by atoms with Crippen LogP contribution in [-0.2, 0) is 9.47 Å². The number of fused-ring (bicyclic) bond motifs is 3. The van der Waals surface area contributed by atoms with E-state index in [1.165, 1.54) is 27.4 Å². The zero-order chi connectivity index (χ0) is 14.2. The van der Waals surface area contributed by atoms with Crippen LogP contribution in [0.2, 0.25) is 0 Å². The Morgan fingerprint density at radius 1 is 1.05 bits per heavy atom. The maximum absolute atomic E-state index is 5.80. The van der Waals surface area contributed by atoms with Crippen molar-refractivity contribution in [2.45, 2.75) is 10.9 Å². The Morgan fingerprint density at radius 2 is 1.90 bits per heavy atom. The van der Waals surface area contributed by atoms with E-state index >= 15 is 0 Å². The number of para-hydroxylation sites is 1. The van der Waals surface area contributed by atoms with Crippen LogP contribution in [0, 0.1) is 0 Å². The van der Waals surface area contributed by atoms with Gasteiger partial charge < -0.3 is 14.5 Å². The number of hydrogen-bond acceptors (Lipinski definition) is 2. The average molecular weight is 346 g/mol. The van der Waals surface area contributed by atoms with Crippen LogP contribution in [0.25, 0.3) is 21.8 Å². The van der Waals surface area contributed by atoms with Gasteiger partial charge in [-0.3, -0.25) is 0 Å². The SMILES string of the molecule is BrC(c1ccc2[nH]c3ccccc3c2c1)C1COCCO1. The summed E-state index contributed by atoms with van der Waals surface area (Å²) in [6, 6.07) is 14.9. The molecule has 3 aromatic rings. The van der Waals surface area contributed by atoms with E-state index in [0.29, 0.717) is 19.8 Å². The predicted octanol–water partition coefficient (Wildman–Crippen LogP) is 4.17. The third-order valence-corrected chi connectivity index (χ3v) is 5.14. The maximum Gasteiger partial charge on any atom is 0.0975 e. The van der Waals surface area contributed by atoms with Gasteiger partial charge in [0.2, 0.25) is 0 Å². The molecule has 1 N–H and O–H groups in total. The second-order valence-electron chi connectivity index (χ2n) is 5.36. The normalized spacial score (nSPS) is 20.9. The fourth-order valence-electron chi connectivity index (χ4n) is 2.93. The topological polar surface area (TPSA) is 34.2 Å². The molecule has 2 unspecified atom stereocenters. The molecule has 0 spiro atoms. The summed E-state index contributed by atoms with van der Waals surface area (Å²) in [5.41, 5.74) is 3.57. The number of H-pyrrole nitrogens is 1. The lowest BCUT2D eigenvalue weighted by molar-refractivity contribution is -0.0876. The van der Waals surface area contributed by atoms with Crippen molar-refractivity contribution in [2.75, 3.05) is 19.8 Å². The molecule has 2 atom stereocenters. The molecular formula is C17H16BrNO2. The fourth-order valence-corrected chi connectivity index (χ4v) is 3.52. The number of aromatic nitrogens is 1. The minimum absolute atomic E-state index is 0.0707. The van der Waals surface area contributed by atoms with Crippen LogP contribution in [-0.4, -0.2) is 30.9 Å². The van der Waals surface area contributed by atoms with Gasteiger partial charge in [-0.2, -0.15) is 0 Å². The zero-order valence-electron chi connectivity index (χ0n) is 11.5. The Balaban J connectivity index is 1.76. The number of benzene rings is 2. The molecule has 1 aromatic heterocycles. The van der Waals surface area contributed by atoms with Crippen LogP contribution in [0.1, 0.15) is 10.4 Å². The van der Waals surface area contributed by atoms with E-state index in [-0.39, 0.29) is 10.9 Å². The van der Waals surface area contributed by atoms with Crippen molar-refractivity contribution in [3.8, 4) is 0 Å². The van der Waals surface area contributed by atoms with Gasteiger partial charge in [-0.15, -0.1) is 0 Å². The van der Waals surface area contributed by atoms with Crippen LogP contribution in [0.5, 0.6) is 0 Å². The van der Waals surface area contributed by atoms with Crippen LogP contribution < -0.4 is 0 Å². The summed E-state index contributed by atoms with van der Waals surface area (Å²) >= 11 is 3.77. The van der Waals surface area contributed by atoms with Crippen LogP contribution in [0.4, 0.5) is 0 Å². The Labute approximate surface area is 131 Å². The van der Waals surface area contributed by atoms with Crippen molar-refractivity contribution in [1.29, 1.82) is 0 Å². The summed E-state index contributed by atoms with van der Waals surface area (Å²) in [6.45, 7) is 2.00. The van der Waals surface area contributed by atoms with Gasteiger partial charge in [0, 0.05) is 21.8 Å². The molecule has 1 fully saturated rings. The molecule has 1 aliphatic heterocycles. The monoisotopic (exact) mass is 345 g/mol. The first-order chi connectivity index (χ1) is 10.3. The molecule has 2 aromatic carbocycles. The highest BCUT2D eigenvalue weighted by molar-refractivity contribution is 9.09. The van der Waals surface area contributed by atoms with E-state index in [9.17, 15) is 0 Å². The standard InChI is InChI=1S/C17H16BrNO2/c18-17(16-10-20-7-8-21-16)11-5-6-15-13(9-11)12-3-1-2-4-14(12)19-15/h1-6,9,16-17,19H,7-8,10H2. The van der Waals surface area contributed by atoms with Gasteiger partial charge in [-0.1, -0.05) is 40.2 Å². The van der Waals surface area contributed by atoms with Crippen molar-refractivity contribution < 1.29 is 9.47 Å². The quantitative estimate of drug-likeness (QED) is 0.707. The largest absolute Gasteiger partial charge is 0.376 e. The minimum Gasteiger partial charge on any atom is -0.376 e. The molecular weight excluding hydrogens is 330 g/mol. The highest BCUT2D eigenvalue weighted by Crippen LogP contribution is 2.34. The van der Waals surface area contributed by atoms with Gasteiger partial charge in [0.25, 0.3) is 0 Å². The lowest BCUT2D eigenvalue weighted by atomic mass is 10.0. The molecule has 0 aliphatic carbocycles. The third kappa shape index (κ3) is 2.37. The molecule has 1 aliphatic rings. The van der Waals surface area contributed by atoms with Gasteiger partial charge in [0.05, 0.1) is 30.8 Å². The van der Waals surface area contributed by atoms with Crippen molar-refractivity contribution in [2.24, 2.45) is 0 Å².